The van der Waals surface area contributed by atoms with Crippen molar-refractivity contribution in [3.8, 4) is 0 Å². The first-order valence-corrected chi connectivity index (χ1v) is 6.68. The molecule has 0 aliphatic heterocycles. The number of aromatic nitrogens is 2. The van der Waals surface area contributed by atoms with Gasteiger partial charge in [-0.1, -0.05) is 45.5 Å². The molecule has 0 fully saturated rings. The number of aromatic amines is 1. The highest BCUT2D eigenvalue weighted by Crippen LogP contribution is 2.22. The van der Waals surface area contributed by atoms with Crippen molar-refractivity contribution in [1.82, 2.24) is 10.2 Å². The van der Waals surface area contributed by atoms with E-state index in [1.165, 1.54) is 16.9 Å². The Hall–Kier alpha value is -0.720. The van der Waals surface area contributed by atoms with Crippen molar-refractivity contribution in [2.75, 3.05) is 11.9 Å². The predicted molar refractivity (Wildman–Crippen MR) is 73.5 cm³/mol. The summed E-state index contributed by atoms with van der Waals surface area (Å²) >= 11 is 10.0. The molecule has 2 aromatic rings. The van der Waals surface area contributed by atoms with Crippen LogP contribution in [0.25, 0.3) is 0 Å². The zero-order chi connectivity index (χ0) is 11.5. The molecule has 1 aromatic carbocycles. The minimum atomic E-state index is 0.703. The van der Waals surface area contributed by atoms with Crippen LogP contribution in [0.15, 0.2) is 28.7 Å². The lowest BCUT2D eigenvalue weighted by molar-refractivity contribution is 0.889. The lowest BCUT2D eigenvalue weighted by Gasteiger charge is -2.15. The van der Waals surface area contributed by atoms with Crippen molar-refractivity contribution in [1.29, 1.82) is 0 Å². The molecule has 0 saturated heterocycles. The maximum Gasteiger partial charge on any atom is 0.206 e. The molecule has 0 saturated carbocycles. The van der Waals surface area contributed by atoms with Gasteiger partial charge in [0.25, 0.3) is 0 Å². The summed E-state index contributed by atoms with van der Waals surface area (Å²) < 4.78 is 1.81. The third-order valence-corrected chi connectivity index (χ3v) is 4.10. The second-order valence-corrected chi connectivity index (χ2v) is 5.84. The Bertz CT molecular complexity index is 535. The summed E-state index contributed by atoms with van der Waals surface area (Å²) in [4.78, 5) is 2.07. The molecule has 0 bridgehead atoms. The fraction of sp³-hybridized carbons (Fsp3) is 0.200. The summed E-state index contributed by atoms with van der Waals surface area (Å²) in [5.74, 6) is 0. The van der Waals surface area contributed by atoms with Crippen molar-refractivity contribution in [3.63, 3.8) is 0 Å². The van der Waals surface area contributed by atoms with Gasteiger partial charge < -0.3 is 4.90 Å². The van der Waals surface area contributed by atoms with Gasteiger partial charge in [-0.3, -0.25) is 5.10 Å². The molecular weight excluding hydrogens is 306 g/mol. The van der Waals surface area contributed by atoms with Gasteiger partial charge in [-0.2, -0.15) is 0 Å². The van der Waals surface area contributed by atoms with Gasteiger partial charge in [0.15, 0.2) is 3.95 Å². The van der Waals surface area contributed by atoms with Gasteiger partial charge in [0, 0.05) is 18.1 Å². The Labute approximate surface area is 111 Å². The molecule has 6 heteroatoms. The Morgan fingerprint density at radius 3 is 2.88 bits per heavy atom. The third kappa shape index (κ3) is 2.69. The highest BCUT2D eigenvalue weighted by molar-refractivity contribution is 9.10. The zero-order valence-electron chi connectivity index (χ0n) is 8.61. The van der Waals surface area contributed by atoms with Crippen LogP contribution in [0.3, 0.4) is 0 Å². The lowest BCUT2D eigenvalue weighted by Crippen LogP contribution is -2.16. The van der Waals surface area contributed by atoms with Crippen LogP contribution in [0.1, 0.15) is 5.56 Å². The van der Waals surface area contributed by atoms with Gasteiger partial charge in [-0.25, -0.2) is 0 Å². The van der Waals surface area contributed by atoms with E-state index in [0.717, 1.165) is 16.1 Å². The van der Waals surface area contributed by atoms with Crippen LogP contribution in [0.5, 0.6) is 0 Å². The highest BCUT2D eigenvalue weighted by atomic mass is 79.9. The first-order chi connectivity index (χ1) is 7.66. The summed E-state index contributed by atoms with van der Waals surface area (Å²) in [6.07, 6.45) is 0. The highest BCUT2D eigenvalue weighted by Gasteiger charge is 2.07. The third-order valence-electron chi connectivity index (χ3n) is 2.12. The van der Waals surface area contributed by atoms with Crippen molar-refractivity contribution in [2.45, 2.75) is 6.54 Å². The number of halogens is 1. The Morgan fingerprint density at radius 2 is 2.25 bits per heavy atom. The number of hydrogen-bond acceptors (Lipinski definition) is 4. The predicted octanol–water partition coefficient (Wildman–Crippen LogP) is 3.60. The zero-order valence-corrected chi connectivity index (χ0v) is 11.8. The minimum absolute atomic E-state index is 0.703. The number of hydrogen-bond donors (Lipinski definition) is 1. The molecule has 0 atom stereocenters. The number of H-pyrrole nitrogens is 1. The molecule has 1 aromatic heterocycles. The number of rotatable bonds is 3. The van der Waals surface area contributed by atoms with Gasteiger partial charge >= 0.3 is 0 Å². The standard InChI is InChI=1S/C10H10BrN3S2/c1-14(9-12-13-10(15)16-9)6-7-4-2-3-5-8(7)11/h2-5H,6H2,1H3,(H,13,15). The van der Waals surface area contributed by atoms with E-state index in [0.29, 0.717) is 3.95 Å². The van der Waals surface area contributed by atoms with E-state index in [1.54, 1.807) is 0 Å². The molecule has 0 aliphatic rings. The maximum absolute atomic E-state index is 5.01. The van der Waals surface area contributed by atoms with E-state index in [-0.39, 0.29) is 0 Å². The number of anilines is 1. The monoisotopic (exact) mass is 315 g/mol. The van der Waals surface area contributed by atoms with E-state index in [2.05, 4.69) is 37.1 Å². The van der Waals surface area contributed by atoms with Crippen LogP contribution < -0.4 is 4.90 Å². The molecule has 1 N–H and O–H groups in total. The first kappa shape index (κ1) is 11.8. The number of nitrogens with one attached hydrogen (secondary N) is 1. The number of benzene rings is 1. The van der Waals surface area contributed by atoms with Gasteiger partial charge in [-0.05, 0) is 23.8 Å². The van der Waals surface area contributed by atoms with Gasteiger partial charge in [0.05, 0.1) is 0 Å². The molecule has 2 rings (SSSR count). The Balaban J connectivity index is 2.16. The molecule has 0 radical (unpaired) electrons. The minimum Gasteiger partial charge on any atom is -0.345 e. The van der Waals surface area contributed by atoms with Gasteiger partial charge in [0.1, 0.15) is 0 Å². The SMILES string of the molecule is CN(Cc1ccccc1Br)c1n[nH]c(=S)s1. The van der Waals surface area contributed by atoms with Crippen LogP contribution in [0, 0.1) is 3.95 Å². The second-order valence-electron chi connectivity index (χ2n) is 3.34. The Morgan fingerprint density at radius 1 is 1.50 bits per heavy atom. The van der Waals surface area contributed by atoms with Crippen LogP contribution in [-0.4, -0.2) is 17.2 Å². The largest absolute Gasteiger partial charge is 0.345 e. The molecule has 0 spiro atoms. The van der Waals surface area contributed by atoms with Crippen LogP contribution in [0.4, 0.5) is 5.13 Å². The Kier molecular flexibility index (Phi) is 3.73. The topological polar surface area (TPSA) is 31.9 Å². The van der Waals surface area contributed by atoms with Crippen molar-refractivity contribution >= 4 is 44.6 Å². The molecule has 84 valence electrons. The van der Waals surface area contributed by atoms with Crippen molar-refractivity contribution in [2.24, 2.45) is 0 Å². The average molecular weight is 316 g/mol. The molecule has 0 amide bonds. The summed E-state index contributed by atoms with van der Waals surface area (Å²) in [7, 11) is 2.00. The molecule has 0 aliphatic carbocycles. The fourth-order valence-electron chi connectivity index (χ4n) is 1.34. The van der Waals surface area contributed by atoms with E-state index in [4.69, 9.17) is 12.2 Å². The second kappa shape index (κ2) is 5.07. The molecule has 3 nitrogen and oxygen atoms in total. The smallest absolute Gasteiger partial charge is 0.206 e. The van der Waals surface area contributed by atoms with Crippen LogP contribution in [0.2, 0.25) is 0 Å². The van der Waals surface area contributed by atoms with Gasteiger partial charge in [-0.15, -0.1) is 5.10 Å². The van der Waals surface area contributed by atoms with E-state index >= 15 is 0 Å². The van der Waals surface area contributed by atoms with E-state index in [1.807, 2.05) is 25.2 Å². The van der Waals surface area contributed by atoms with Crippen LogP contribution in [-0.2, 0) is 6.54 Å². The van der Waals surface area contributed by atoms with Crippen LogP contribution >= 0.6 is 39.5 Å². The lowest BCUT2D eigenvalue weighted by atomic mass is 10.2. The summed E-state index contributed by atoms with van der Waals surface area (Å²) in [5, 5.41) is 7.82. The average Bonchev–Trinajstić information content (AvgIpc) is 2.68. The van der Waals surface area contributed by atoms with Crippen molar-refractivity contribution < 1.29 is 0 Å². The molecular formula is C10H10BrN3S2. The van der Waals surface area contributed by atoms with Crippen molar-refractivity contribution in [3.05, 3.63) is 38.3 Å². The molecule has 1 heterocycles. The number of nitrogens with zero attached hydrogens (tertiary/aromatic N) is 2. The quantitative estimate of drug-likeness (QED) is 0.878. The molecule has 16 heavy (non-hydrogen) atoms. The summed E-state index contributed by atoms with van der Waals surface area (Å²) in [6.45, 7) is 0.803. The summed E-state index contributed by atoms with van der Waals surface area (Å²) in [6, 6.07) is 8.16. The molecule has 0 unspecified atom stereocenters. The summed E-state index contributed by atoms with van der Waals surface area (Å²) in [5.41, 5.74) is 1.23. The van der Waals surface area contributed by atoms with E-state index < -0.39 is 0 Å². The van der Waals surface area contributed by atoms with Gasteiger partial charge in [0.2, 0.25) is 5.13 Å². The first-order valence-electron chi connectivity index (χ1n) is 4.67. The van der Waals surface area contributed by atoms with E-state index in [9.17, 15) is 0 Å². The normalized spacial score (nSPS) is 10.4. The maximum atomic E-state index is 5.01. The fourth-order valence-corrected chi connectivity index (χ4v) is 2.58.